The van der Waals surface area contributed by atoms with Crippen LogP contribution in [0.15, 0.2) is 0 Å². The fourth-order valence-electron chi connectivity index (χ4n) is 1.82. The molecule has 0 aromatic carbocycles. The number of hydrogen-bond donors (Lipinski definition) is 2. The number of hydrogen-bond acceptors (Lipinski definition) is 5. The van der Waals surface area contributed by atoms with E-state index in [1.165, 1.54) is 0 Å². The normalized spacial score (nSPS) is 14.5. The van der Waals surface area contributed by atoms with Crippen LogP contribution in [0.2, 0.25) is 0 Å². The highest BCUT2D eigenvalue weighted by atomic mass is 16.5. The van der Waals surface area contributed by atoms with Crippen LogP contribution in [0.3, 0.4) is 0 Å². The van der Waals surface area contributed by atoms with Crippen LogP contribution in [0.4, 0.5) is 0 Å². The predicted molar refractivity (Wildman–Crippen MR) is 74.3 cm³/mol. The first kappa shape index (κ1) is 18.8. The highest BCUT2D eigenvalue weighted by Crippen LogP contribution is 2.04. The fourth-order valence-corrected chi connectivity index (χ4v) is 1.82. The zero-order valence-electron chi connectivity index (χ0n) is 12.3. The van der Waals surface area contributed by atoms with E-state index < -0.39 is 0 Å². The van der Waals surface area contributed by atoms with Gasteiger partial charge < -0.3 is 24.4 Å². The van der Waals surface area contributed by atoms with Crippen molar-refractivity contribution in [2.24, 2.45) is 0 Å². The first-order valence-corrected chi connectivity index (χ1v) is 7.12. The second kappa shape index (κ2) is 14.2. The van der Waals surface area contributed by atoms with Crippen molar-refractivity contribution in [3.63, 3.8) is 0 Å². The number of aliphatic hydroxyl groups is 2. The Morgan fingerprint density at radius 1 is 0.737 bits per heavy atom. The second-order valence-corrected chi connectivity index (χ2v) is 4.82. The molecule has 2 unspecified atom stereocenters. The molecule has 0 aliphatic rings. The van der Waals surface area contributed by atoms with E-state index in [0.717, 1.165) is 51.7 Å². The second-order valence-electron chi connectivity index (χ2n) is 4.82. The molecule has 0 bridgehead atoms. The summed E-state index contributed by atoms with van der Waals surface area (Å²) in [5, 5.41) is 18.8. The van der Waals surface area contributed by atoms with E-state index in [9.17, 15) is 10.2 Å². The molecule has 5 nitrogen and oxygen atoms in total. The Hall–Kier alpha value is -0.200. The van der Waals surface area contributed by atoms with E-state index in [2.05, 4.69) is 0 Å². The minimum Gasteiger partial charge on any atom is -0.391 e. The summed E-state index contributed by atoms with van der Waals surface area (Å²) in [5.74, 6) is 0. The van der Waals surface area contributed by atoms with Gasteiger partial charge in [0.1, 0.15) is 0 Å². The standard InChI is InChI=1S/C14H30O5/c1-17-11-13(15)7-3-5-9-19-10-6-4-8-14(16)12-18-2/h13-16H,3-12H2,1-2H3. The molecule has 0 aliphatic carbocycles. The predicted octanol–water partition coefficient (Wildman–Crippen LogP) is 1.36. The molecule has 5 heteroatoms. The quantitative estimate of drug-likeness (QED) is 0.470. The Balaban J connectivity index is 3.10. The first-order chi connectivity index (χ1) is 9.20. The Kier molecular flexibility index (Phi) is 14.1. The van der Waals surface area contributed by atoms with Crippen LogP contribution in [0.25, 0.3) is 0 Å². The molecule has 116 valence electrons. The van der Waals surface area contributed by atoms with Gasteiger partial charge in [-0.1, -0.05) is 0 Å². The summed E-state index contributed by atoms with van der Waals surface area (Å²) < 4.78 is 15.2. The van der Waals surface area contributed by atoms with Gasteiger partial charge in [0.2, 0.25) is 0 Å². The Morgan fingerprint density at radius 2 is 1.16 bits per heavy atom. The van der Waals surface area contributed by atoms with E-state index in [1.54, 1.807) is 14.2 Å². The Labute approximate surface area is 116 Å². The van der Waals surface area contributed by atoms with Crippen molar-refractivity contribution in [3.8, 4) is 0 Å². The van der Waals surface area contributed by atoms with Crippen LogP contribution >= 0.6 is 0 Å². The summed E-state index contributed by atoms with van der Waals surface area (Å²) in [6, 6.07) is 0. The van der Waals surface area contributed by atoms with E-state index in [-0.39, 0.29) is 12.2 Å². The fraction of sp³-hybridized carbons (Fsp3) is 1.00. The lowest BCUT2D eigenvalue weighted by molar-refractivity contribution is 0.0519. The zero-order valence-corrected chi connectivity index (χ0v) is 12.3. The van der Waals surface area contributed by atoms with Gasteiger partial charge >= 0.3 is 0 Å². The molecule has 0 spiro atoms. The number of unbranched alkanes of at least 4 members (excludes halogenated alkanes) is 2. The topological polar surface area (TPSA) is 68.2 Å². The van der Waals surface area contributed by atoms with Gasteiger partial charge in [-0.2, -0.15) is 0 Å². The molecular weight excluding hydrogens is 248 g/mol. The third kappa shape index (κ3) is 14.0. The molecule has 0 aromatic rings. The van der Waals surface area contributed by atoms with Crippen molar-refractivity contribution in [1.82, 2.24) is 0 Å². The largest absolute Gasteiger partial charge is 0.391 e. The Bertz CT molecular complexity index is 159. The number of methoxy groups -OCH3 is 2. The SMILES string of the molecule is COCC(O)CCCCOCCCCC(O)COC. The maximum Gasteiger partial charge on any atom is 0.0773 e. The maximum atomic E-state index is 9.42. The van der Waals surface area contributed by atoms with Gasteiger partial charge in [0.15, 0.2) is 0 Å². The van der Waals surface area contributed by atoms with E-state index in [0.29, 0.717) is 13.2 Å². The minimum atomic E-state index is -0.354. The first-order valence-electron chi connectivity index (χ1n) is 7.12. The lowest BCUT2D eigenvalue weighted by Gasteiger charge is -2.10. The minimum absolute atomic E-state index is 0.354. The average Bonchev–Trinajstić information content (AvgIpc) is 2.37. The molecule has 19 heavy (non-hydrogen) atoms. The number of rotatable bonds is 14. The molecule has 0 amide bonds. The molecule has 2 atom stereocenters. The highest BCUT2D eigenvalue weighted by molar-refractivity contribution is 4.55. The summed E-state index contributed by atoms with van der Waals surface area (Å²) in [6.45, 7) is 2.29. The monoisotopic (exact) mass is 278 g/mol. The van der Waals surface area contributed by atoms with E-state index >= 15 is 0 Å². The average molecular weight is 278 g/mol. The molecule has 0 radical (unpaired) electrons. The summed E-state index contributed by atoms with van der Waals surface area (Å²) in [4.78, 5) is 0. The smallest absolute Gasteiger partial charge is 0.0773 e. The third-order valence-corrected chi connectivity index (χ3v) is 2.87. The van der Waals surface area contributed by atoms with Crippen LogP contribution in [-0.4, -0.2) is 63.1 Å². The molecule has 0 fully saturated rings. The third-order valence-electron chi connectivity index (χ3n) is 2.87. The molecule has 0 saturated carbocycles. The number of ether oxygens (including phenoxy) is 3. The molecule has 0 aliphatic heterocycles. The van der Waals surface area contributed by atoms with Gasteiger partial charge in [-0.3, -0.25) is 0 Å². The van der Waals surface area contributed by atoms with Gasteiger partial charge in [-0.15, -0.1) is 0 Å². The summed E-state index contributed by atoms with van der Waals surface area (Å²) in [5.41, 5.74) is 0. The van der Waals surface area contributed by atoms with Crippen molar-refractivity contribution in [2.45, 2.75) is 50.7 Å². The van der Waals surface area contributed by atoms with Crippen molar-refractivity contribution >= 4 is 0 Å². The lowest BCUT2D eigenvalue weighted by atomic mass is 10.1. The summed E-state index contributed by atoms with van der Waals surface area (Å²) in [7, 11) is 3.19. The van der Waals surface area contributed by atoms with Gasteiger partial charge in [0.05, 0.1) is 25.4 Å². The van der Waals surface area contributed by atoms with Crippen LogP contribution < -0.4 is 0 Å². The van der Waals surface area contributed by atoms with Gasteiger partial charge in [-0.05, 0) is 38.5 Å². The van der Waals surface area contributed by atoms with Crippen molar-refractivity contribution in [1.29, 1.82) is 0 Å². The molecule has 2 N–H and O–H groups in total. The van der Waals surface area contributed by atoms with Crippen molar-refractivity contribution < 1.29 is 24.4 Å². The lowest BCUT2D eigenvalue weighted by Crippen LogP contribution is -2.14. The molecule has 0 heterocycles. The van der Waals surface area contributed by atoms with Crippen molar-refractivity contribution in [2.75, 3.05) is 40.6 Å². The van der Waals surface area contributed by atoms with E-state index in [4.69, 9.17) is 14.2 Å². The van der Waals surface area contributed by atoms with Crippen LogP contribution in [-0.2, 0) is 14.2 Å². The Morgan fingerprint density at radius 3 is 1.53 bits per heavy atom. The van der Waals surface area contributed by atoms with Crippen molar-refractivity contribution in [3.05, 3.63) is 0 Å². The molecule has 0 saturated heterocycles. The molecule has 0 aromatic heterocycles. The summed E-state index contributed by atoms with van der Waals surface area (Å²) >= 11 is 0. The van der Waals surface area contributed by atoms with Crippen LogP contribution in [0, 0.1) is 0 Å². The summed E-state index contributed by atoms with van der Waals surface area (Å²) in [6.07, 6.45) is 4.66. The maximum absolute atomic E-state index is 9.42. The number of aliphatic hydroxyl groups excluding tert-OH is 2. The van der Waals surface area contributed by atoms with Crippen LogP contribution in [0.1, 0.15) is 38.5 Å². The van der Waals surface area contributed by atoms with E-state index in [1.807, 2.05) is 0 Å². The highest BCUT2D eigenvalue weighted by Gasteiger charge is 2.03. The van der Waals surface area contributed by atoms with Gasteiger partial charge in [0, 0.05) is 27.4 Å². The zero-order chi connectivity index (χ0) is 14.3. The van der Waals surface area contributed by atoms with Gasteiger partial charge in [-0.25, -0.2) is 0 Å². The molecule has 0 rings (SSSR count). The molecular formula is C14H30O5. The van der Waals surface area contributed by atoms with Gasteiger partial charge in [0.25, 0.3) is 0 Å². The van der Waals surface area contributed by atoms with Crippen LogP contribution in [0.5, 0.6) is 0 Å².